The minimum atomic E-state index is -0.973. The van der Waals surface area contributed by atoms with Crippen LogP contribution < -0.4 is 0 Å². The summed E-state index contributed by atoms with van der Waals surface area (Å²) in [4.78, 5) is 21.1. The monoisotopic (exact) mass is 238 g/mol. The zero-order valence-electron chi connectivity index (χ0n) is 8.77. The largest absolute Gasteiger partial charge is 0.462 e. The van der Waals surface area contributed by atoms with Gasteiger partial charge in [0.1, 0.15) is 17.4 Å². The quantitative estimate of drug-likeness (QED) is 0.454. The Labute approximate surface area is 95.4 Å². The lowest BCUT2D eigenvalue weighted by atomic mass is 10.1. The Hall–Kier alpha value is -2.49. The van der Waals surface area contributed by atoms with Crippen LogP contribution in [-0.4, -0.2) is 17.5 Å². The van der Waals surface area contributed by atoms with Crippen molar-refractivity contribution in [2.24, 2.45) is 0 Å². The molecule has 0 aliphatic rings. The van der Waals surface area contributed by atoms with Gasteiger partial charge in [-0.1, -0.05) is 0 Å². The number of hydrogen-bond acceptors (Lipinski definition) is 5. The van der Waals surface area contributed by atoms with Crippen LogP contribution in [0, 0.1) is 27.3 Å². The molecular formula is C10H7FN2O4. The second-order valence-corrected chi connectivity index (χ2v) is 2.94. The molecule has 0 heterocycles. The predicted octanol–water partition coefficient (Wildman–Crippen LogP) is 1.78. The van der Waals surface area contributed by atoms with Gasteiger partial charge in [0.05, 0.1) is 23.2 Å². The van der Waals surface area contributed by atoms with E-state index < -0.39 is 33.5 Å². The summed E-state index contributed by atoms with van der Waals surface area (Å²) in [5.74, 6) is -1.94. The van der Waals surface area contributed by atoms with Gasteiger partial charge in [0, 0.05) is 0 Å². The van der Waals surface area contributed by atoms with Gasteiger partial charge in [-0.05, 0) is 13.0 Å². The summed E-state index contributed by atoms with van der Waals surface area (Å²) in [6, 6.07) is 2.83. The molecule has 0 spiro atoms. The van der Waals surface area contributed by atoms with Crippen molar-refractivity contribution in [2.75, 3.05) is 6.61 Å². The van der Waals surface area contributed by atoms with Crippen molar-refractivity contribution in [1.82, 2.24) is 0 Å². The predicted molar refractivity (Wildman–Crippen MR) is 53.7 cm³/mol. The van der Waals surface area contributed by atoms with Gasteiger partial charge in [0.25, 0.3) is 5.69 Å². The number of esters is 1. The molecule has 6 nitrogen and oxygen atoms in total. The number of nitro benzene ring substituents is 1. The van der Waals surface area contributed by atoms with Crippen LogP contribution in [0.4, 0.5) is 10.1 Å². The summed E-state index contributed by atoms with van der Waals surface area (Å²) in [5, 5.41) is 19.4. The normalized spacial score (nSPS) is 9.47. The molecule has 0 bridgehead atoms. The van der Waals surface area contributed by atoms with E-state index in [1.165, 1.54) is 13.0 Å². The van der Waals surface area contributed by atoms with Crippen LogP contribution in [0.25, 0.3) is 0 Å². The van der Waals surface area contributed by atoms with Gasteiger partial charge in [-0.25, -0.2) is 9.18 Å². The Morgan fingerprint density at radius 2 is 2.29 bits per heavy atom. The third kappa shape index (κ3) is 2.55. The molecule has 0 aliphatic carbocycles. The average Bonchev–Trinajstić information content (AvgIpc) is 2.28. The molecule has 88 valence electrons. The first-order valence-electron chi connectivity index (χ1n) is 4.56. The first kappa shape index (κ1) is 12.6. The zero-order valence-corrected chi connectivity index (χ0v) is 8.77. The Kier molecular flexibility index (Phi) is 3.72. The van der Waals surface area contributed by atoms with Crippen molar-refractivity contribution in [3.05, 3.63) is 39.2 Å². The van der Waals surface area contributed by atoms with Crippen molar-refractivity contribution in [1.29, 1.82) is 5.26 Å². The Morgan fingerprint density at radius 3 is 2.76 bits per heavy atom. The van der Waals surface area contributed by atoms with Crippen LogP contribution in [0.1, 0.15) is 22.8 Å². The van der Waals surface area contributed by atoms with Crippen LogP contribution >= 0.6 is 0 Å². The lowest BCUT2D eigenvalue weighted by Gasteiger charge is -2.04. The third-order valence-electron chi connectivity index (χ3n) is 1.89. The number of ether oxygens (including phenoxy) is 1. The number of nitriles is 1. The van der Waals surface area contributed by atoms with E-state index in [0.717, 1.165) is 6.07 Å². The Bertz CT molecular complexity index is 522. The molecule has 1 aromatic carbocycles. The van der Waals surface area contributed by atoms with E-state index in [2.05, 4.69) is 4.74 Å². The Balaban J connectivity index is 3.45. The maximum Gasteiger partial charge on any atom is 0.339 e. The highest BCUT2D eigenvalue weighted by molar-refractivity contribution is 5.93. The van der Waals surface area contributed by atoms with Crippen LogP contribution in [0.3, 0.4) is 0 Å². The van der Waals surface area contributed by atoms with E-state index >= 15 is 0 Å². The van der Waals surface area contributed by atoms with Crippen molar-refractivity contribution >= 4 is 11.7 Å². The highest BCUT2D eigenvalue weighted by Crippen LogP contribution is 2.24. The topological polar surface area (TPSA) is 93.2 Å². The minimum Gasteiger partial charge on any atom is -0.462 e. The fraction of sp³-hybridized carbons (Fsp3) is 0.200. The third-order valence-corrected chi connectivity index (χ3v) is 1.89. The fourth-order valence-electron chi connectivity index (χ4n) is 1.22. The molecule has 1 rings (SSSR count). The number of carbonyl (C=O) groups is 1. The number of hydrogen-bond donors (Lipinski definition) is 0. The smallest absolute Gasteiger partial charge is 0.339 e. The molecule has 0 unspecified atom stereocenters. The van der Waals surface area contributed by atoms with Gasteiger partial charge in [-0.2, -0.15) is 5.26 Å². The molecule has 0 aromatic heterocycles. The SMILES string of the molecule is CCOC(=O)c1cc(F)cc([N+](=O)[O-])c1C#N. The number of halogens is 1. The number of rotatable bonds is 3. The molecule has 0 saturated heterocycles. The Morgan fingerprint density at radius 1 is 1.65 bits per heavy atom. The number of nitrogens with zero attached hydrogens (tertiary/aromatic N) is 2. The van der Waals surface area contributed by atoms with Gasteiger partial charge >= 0.3 is 5.97 Å². The summed E-state index contributed by atoms with van der Waals surface area (Å²) >= 11 is 0. The summed E-state index contributed by atoms with van der Waals surface area (Å²) in [5.41, 5.74) is -1.70. The summed E-state index contributed by atoms with van der Waals surface area (Å²) in [7, 11) is 0. The lowest BCUT2D eigenvalue weighted by Crippen LogP contribution is -2.09. The molecule has 0 aliphatic heterocycles. The molecule has 1 aromatic rings. The van der Waals surface area contributed by atoms with E-state index in [1.54, 1.807) is 0 Å². The van der Waals surface area contributed by atoms with Crippen LogP contribution in [0.15, 0.2) is 12.1 Å². The van der Waals surface area contributed by atoms with Crippen LogP contribution in [0.2, 0.25) is 0 Å². The highest BCUT2D eigenvalue weighted by Gasteiger charge is 2.24. The van der Waals surface area contributed by atoms with Crippen LogP contribution in [0.5, 0.6) is 0 Å². The maximum atomic E-state index is 13.1. The van der Waals surface area contributed by atoms with E-state index in [9.17, 15) is 19.3 Å². The second kappa shape index (κ2) is 5.03. The molecular weight excluding hydrogens is 231 g/mol. The van der Waals surface area contributed by atoms with E-state index in [1.807, 2.05) is 0 Å². The highest BCUT2D eigenvalue weighted by atomic mass is 19.1. The molecule has 7 heteroatoms. The van der Waals surface area contributed by atoms with Gasteiger partial charge < -0.3 is 4.74 Å². The van der Waals surface area contributed by atoms with Crippen molar-refractivity contribution in [3.8, 4) is 6.07 Å². The van der Waals surface area contributed by atoms with E-state index in [-0.39, 0.29) is 6.61 Å². The van der Waals surface area contributed by atoms with E-state index in [0.29, 0.717) is 6.07 Å². The van der Waals surface area contributed by atoms with Gasteiger partial charge in [-0.15, -0.1) is 0 Å². The number of carbonyl (C=O) groups excluding carboxylic acids is 1. The zero-order chi connectivity index (χ0) is 13.0. The number of nitro groups is 1. The average molecular weight is 238 g/mol. The molecule has 0 N–H and O–H groups in total. The van der Waals surface area contributed by atoms with Gasteiger partial charge in [-0.3, -0.25) is 10.1 Å². The summed E-state index contributed by atoms with van der Waals surface area (Å²) in [6.45, 7) is 1.55. The molecule has 0 radical (unpaired) electrons. The molecule has 0 atom stereocenters. The second-order valence-electron chi connectivity index (χ2n) is 2.94. The molecule has 0 amide bonds. The van der Waals surface area contributed by atoms with Gasteiger partial charge in [0.2, 0.25) is 0 Å². The van der Waals surface area contributed by atoms with Gasteiger partial charge in [0.15, 0.2) is 0 Å². The lowest BCUT2D eigenvalue weighted by molar-refractivity contribution is -0.385. The van der Waals surface area contributed by atoms with Crippen molar-refractivity contribution in [2.45, 2.75) is 6.92 Å². The first-order chi connectivity index (χ1) is 8.01. The minimum absolute atomic E-state index is 0.0218. The molecule has 0 saturated carbocycles. The summed E-state index contributed by atoms with van der Waals surface area (Å²) in [6.07, 6.45) is 0. The van der Waals surface area contributed by atoms with Crippen LogP contribution in [-0.2, 0) is 4.74 Å². The first-order valence-corrected chi connectivity index (χ1v) is 4.56. The standard InChI is InChI=1S/C10H7FN2O4/c1-2-17-10(14)7-3-6(11)4-9(13(15)16)8(7)5-12/h3-4H,2H2,1H3. The summed E-state index contributed by atoms with van der Waals surface area (Å²) < 4.78 is 17.7. The maximum absolute atomic E-state index is 13.1. The van der Waals surface area contributed by atoms with Crippen molar-refractivity contribution < 1.29 is 18.8 Å². The van der Waals surface area contributed by atoms with E-state index in [4.69, 9.17) is 5.26 Å². The fourth-order valence-corrected chi connectivity index (χ4v) is 1.22. The van der Waals surface area contributed by atoms with Crippen molar-refractivity contribution in [3.63, 3.8) is 0 Å². The number of benzene rings is 1. The molecule has 17 heavy (non-hydrogen) atoms. The molecule has 0 fully saturated rings.